The van der Waals surface area contributed by atoms with E-state index in [1.165, 1.54) is 25.7 Å². The lowest BCUT2D eigenvalue weighted by Gasteiger charge is -2.49. The third-order valence-corrected chi connectivity index (χ3v) is 3.06. The number of fused-ring (bicyclic) bond motifs is 2. The SMILES string of the molecule is CC12CCCC(N)(CCC1)O2. The van der Waals surface area contributed by atoms with Crippen molar-refractivity contribution >= 4 is 0 Å². The fraction of sp³-hybridized carbons (Fsp3) is 1.00. The largest absolute Gasteiger partial charge is 0.355 e. The molecule has 0 saturated carbocycles. The van der Waals surface area contributed by atoms with Crippen LogP contribution in [0.5, 0.6) is 0 Å². The first kappa shape index (κ1) is 7.56. The lowest BCUT2D eigenvalue weighted by Crippen LogP contribution is -2.56. The van der Waals surface area contributed by atoms with Crippen molar-refractivity contribution in [3.63, 3.8) is 0 Å². The van der Waals surface area contributed by atoms with E-state index < -0.39 is 0 Å². The van der Waals surface area contributed by atoms with Gasteiger partial charge in [-0.05, 0) is 45.4 Å². The fourth-order valence-corrected chi connectivity index (χ4v) is 2.47. The van der Waals surface area contributed by atoms with E-state index in [4.69, 9.17) is 10.5 Å². The van der Waals surface area contributed by atoms with Crippen molar-refractivity contribution in [2.24, 2.45) is 5.73 Å². The Morgan fingerprint density at radius 2 is 1.64 bits per heavy atom. The van der Waals surface area contributed by atoms with Gasteiger partial charge in [0.1, 0.15) is 5.72 Å². The van der Waals surface area contributed by atoms with E-state index in [1.807, 2.05) is 0 Å². The molecule has 0 amide bonds. The van der Waals surface area contributed by atoms with Crippen molar-refractivity contribution in [1.82, 2.24) is 0 Å². The average molecular weight is 155 g/mol. The second-order valence-corrected chi connectivity index (χ2v) is 4.32. The molecule has 2 aliphatic heterocycles. The Morgan fingerprint density at radius 3 is 2.00 bits per heavy atom. The molecule has 2 saturated heterocycles. The molecule has 11 heavy (non-hydrogen) atoms. The van der Waals surface area contributed by atoms with Gasteiger partial charge < -0.3 is 10.5 Å². The third-order valence-electron chi connectivity index (χ3n) is 3.06. The first-order valence-electron chi connectivity index (χ1n) is 4.61. The van der Waals surface area contributed by atoms with Crippen LogP contribution in [0.2, 0.25) is 0 Å². The average Bonchev–Trinajstić information content (AvgIpc) is 1.83. The highest BCUT2D eigenvalue weighted by Gasteiger charge is 2.43. The van der Waals surface area contributed by atoms with E-state index in [9.17, 15) is 0 Å². The molecule has 2 fully saturated rings. The van der Waals surface area contributed by atoms with Crippen LogP contribution in [0.4, 0.5) is 0 Å². The number of ether oxygens (including phenoxy) is 1. The van der Waals surface area contributed by atoms with Gasteiger partial charge in [-0.1, -0.05) is 0 Å². The van der Waals surface area contributed by atoms with Gasteiger partial charge in [0.25, 0.3) is 0 Å². The third kappa shape index (κ3) is 1.30. The number of hydrogen-bond acceptors (Lipinski definition) is 2. The Morgan fingerprint density at radius 1 is 1.09 bits per heavy atom. The lowest BCUT2D eigenvalue weighted by atomic mass is 9.80. The molecular weight excluding hydrogens is 138 g/mol. The number of hydrogen-bond donors (Lipinski definition) is 1. The Kier molecular flexibility index (Phi) is 1.52. The van der Waals surface area contributed by atoms with Crippen molar-refractivity contribution in [3.05, 3.63) is 0 Å². The number of nitrogens with two attached hydrogens (primary N) is 1. The van der Waals surface area contributed by atoms with Gasteiger partial charge in [-0.25, -0.2) is 0 Å². The van der Waals surface area contributed by atoms with Gasteiger partial charge in [0.15, 0.2) is 0 Å². The monoisotopic (exact) mass is 155 g/mol. The molecule has 0 unspecified atom stereocenters. The van der Waals surface area contributed by atoms with Crippen molar-refractivity contribution < 1.29 is 4.74 Å². The summed E-state index contributed by atoms with van der Waals surface area (Å²) in [5.74, 6) is 0. The first-order valence-corrected chi connectivity index (χ1v) is 4.61. The zero-order valence-corrected chi connectivity index (χ0v) is 7.23. The summed E-state index contributed by atoms with van der Waals surface area (Å²) in [7, 11) is 0. The molecule has 2 bridgehead atoms. The summed E-state index contributed by atoms with van der Waals surface area (Å²) in [5.41, 5.74) is 5.92. The van der Waals surface area contributed by atoms with Crippen LogP contribution in [0.1, 0.15) is 45.4 Å². The molecule has 0 aromatic heterocycles. The first-order chi connectivity index (χ1) is 5.12. The van der Waals surface area contributed by atoms with Crippen LogP contribution in [0, 0.1) is 0 Å². The Labute approximate surface area is 68.1 Å². The van der Waals surface area contributed by atoms with Gasteiger partial charge in [0, 0.05) is 0 Å². The maximum atomic E-state index is 6.06. The minimum Gasteiger partial charge on any atom is -0.355 e. The van der Waals surface area contributed by atoms with Crippen molar-refractivity contribution in [2.75, 3.05) is 0 Å². The second kappa shape index (κ2) is 2.20. The van der Waals surface area contributed by atoms with Crippen LogP contribution in [-0.4, -0.2) is 11.3 Å². The standard InChI is InChI=1S/C9H17NO/c1-8-4-2-6-9(10,11-8)7-3-5-8/h2-7,10H2,1H3. The molecule has 2 nitrogen and oxygen atoms in total. The highest BCUT2D eigenvalue weighted by atomic mass is 16.5. The quantitative estimate of drug-likeness (QED) is 0.578. The van der Waals surface area contributed by atoms with Gasteiger partial charge in [0.05, 0.1) is 5.60 Å². The van der Waals surface area contributed by atoms with Gasteiger partial charge in [-0.2, -0.15) is 0 Å². The van der Waals surface area contributed by atoms with E-state index in [0.717, 1.165) is 12.8 Å². The van der Waals surface area contributed by atoms with Crippen LogP contribution in [0.3, 0.4) is 0 Å². The summed E-state index contributed by atoms with van der Waals surface area (Å²) in [6.45, 7) is 2.20. The molecule has 0 spiro atoms. The number of rotatable bonds is 0. The summed E-state index contributed by atoms with van der Waals surface area (Å²) in [6, 6.07) is 0. The smallest absolute Gasteiger partial charge is 0.117 e. The zero-order valence-electron chi connectivity index (χ0n) is 7.23. The molecule has 2 aliphatic rings. The molecule has 2 heterocycles. The van der Waals surface area contributed by atoms with Crippen molar-refractivity contribution in [2.45, 2.75) is 56.8 Å². The van der Waals surface area contributed by atoms with Gasteiger partial charge in [0.2, 0.25) is 0 Å². The molecule has 0 aromatic rings. The van der Waals surface area contributed by atoms with E-state index in [1.54, 1.807) is 0 Å². The van der Waals surface area contributed by atoms with Crippen LogP contribution in [-0.2, 0) is 4.74 Å². The van der Waals surface area contributed by atoms with Crippen molar-refractivity contribution in [3.8, 4) is 0 Å². The highest BCUT2D eigenvalue weighted by molar-refractivity contribution is 4.92. The molecule has 2 N–H and O–H groups in total. The summed E-state index contributed by atoms with van der Waals surface area (Å²) >= 11 is 0. The maximum Gasteiger partial charge on any atom is 0.117 e. The fourth-order valence-electron chi connectivity index (χ4n) is 2.47. The molecular formula is C9H17NO. The molecule has 0 aliphatic carbocycles. The maximum absolute atomic E-state index is 6.06. The zero-order chi connectivity index (χ0) is 7.95. The van der Waals surface area contributed by atoms with Crippen LogP contribution in [0.25, 0.3) is 0 Å². The minimum atomic E-state index is -0.259. The molecule has 0 aromatic carbocycles. The van der Waals surface area contributed by atoms with E-state index >= 15 is 0 Å². The summed E-state index contributed by atoms with van der Waals surface area (Å²) in [4.78, 5) is 0. The van der Waals surface area contributed by atoms with E-state index in [-0.39, 0.29) is 11.3 Å². The summed E-state index contributed by atoms with van der Waals surface area (Å²) in [6.07, 6.45) is 7.00. The predicted molar refractivity (Wildman–Crippen MR) is 44.1 cm³/mol. The van der Waals surface area contributed by atoms with Crippen LogP contribution in [0.15, 0.2) is 0 Å². The molecule has 0 atom stereocenters. The second-order valence-electron chi connectivity index (χ2n) is 4.32. The Hall–Kier alpha value is -0.0800. The summed E-state index contributed by atoms with van der Waals surface area (Å²) < 4.78 is 5.88. The van der Waals surface area contributed by atoms with Gasteiger partial charge >= 0.3 is 0 Å². The predicted octanol–water partition coefficient (Wildman–Crippen LogP) is 1.78. The van der Waals surface area contributed by atoms with Crippen molar-refractivity contribution in [1.29, 1.82) is 0 Å². The molecule has 2 rings (SSSR count). The van der Waals surface area contributed by atoms with E-state index in [2.05, 4.69) is 6.92 Å². The van der Waals surface area contributed by atoms with Crippen LogP contribution < -0.4 is 5.73 Å². The molecule has 64 valence electrons. The Balaban J connectivity index is 2.16. The lowest BCUT2D eigenvalue weighted by molar-refractivity contribution is -0.209. The Bertz CT molecular complexity index is 141. The molecule has 2 heteroatoms. The highest BCUT2D eigenvalue weighted by Crippen LogP contribution is 2.42. The van der Waals surface area contributed by atoms with Gasteiger partial charge in [-0.15, -0.1) is 0 Å². The summed E-state index contributed by atoms with van der Waals surface area (Å²) in [5, 5.41) is 0. The van der Waals surface area contributed by atoms with E-state index in [0.29, 0.717) is 0 Å². The topological polar surface area (TPSA) is 35.2 Å². The van der Waals surface area contributed by atoms with Gasteiger partial charge in [-0.3, -0.25) is 0 Å². The minimum absolute atomic E-state index is 0.116. The molecule has 0 radical (unpaired) electrons. The normalized spacial score (nSPS) is 50.7. The van der Waals surface area contributed by atoms with Crippen LogP contribution >= 0.6 is 0 Å².